The van der Waals surface area contributed by atoms with Gasteiger partial charge in [-0.15, -0.1) is 0 Å². The molecule has 0 unspecified atom stereocenters. The summed E-state index contributed by atoms with van der Waals surface area (Å²) >= 11 is 0. The zero-order chi connectivity index (χ0) is 11.9. The van der Waals surface area contributed by atoms with Crippen LogP contribution in [0.1, 0.15) is 45.4 Å². The lowest BCUT2D eigenvalue weighted by atomic mass is 10.2. The van der Waals surface area contributed by atoms with Crippen LogP contribution in [0, 0.1) is 0 Å². The molecule has 4 heteroatoms. The minimum atomic E-state index is -2.05. The highest BCUT2D eigenvalue weighted by Crippen LogP contribution is 2.24. The van der Waals surface area contributed by atoms with E-state index in [4.69, 9.17) is 8.85 Å². The molecule has 0 aromatic heterocycles. The third-order valence-electron chi connectivity index (χ3n) is 3.57. The molecular formula is C12H27NO2Si. The van der Waals surface area contributed by atoms with Gasteiger partial charge in [-0.25, -0.2) is 0 Å². The predicted molar refractivity (Wildman–Crippen MR) is 69.5 cm³/mol. The Morgan fingerprint density at radius 3 is 2.12 bits per heavy atom. The molecule has 0 bridgehead atoms. The van der Waals surface area contributed by atoms with E-state index in [1.165, 1.54) is 51.6 Å². The minimum Gasteiger partial charge on any atom is -0.386 e. The molecule has 0 aromatic carbocycles. The number of rotatable bonds is 7. The molecule has 0 aliphatic carbocycles. The lowest BCUT2D eigenvalue weighted by Crippen LogP contribution is -2.59. The Balaban J connectivity index is 2.54. The highest BCUT2D eigenvalue weighted by atomic mass is 28.4. The van der Waals surface area contributed by atoms with Gasteiger partial charge < -0.3 is 8.85 Å². The Bertz CT molecular complexity index is 180. The summed E-state index contributed by atoms with van der Waals surface area (Å²) in [6.45, 7) is 4.57. The van der Waals surface area contributed by atoms with Crippen LogP contribution in [0.3, 0.4) is 0 Å². The van der Waals surface area contributed by atoms with E-state index in [9.17, 15) is 0 Å². The number of unbranched alkanes of at least 4 members (excludes halogenated alkanes) is 2. The molecule has 1 aliphatic rings. The van der Waals surface area contributed by atoms with E-state index in [2.05, 4.69) is 11.5 Å². The number of hydrogen-bond donors (Lipinski definition) is 0. The van der Waals surface area contributed by atoms with Crippen molar-refractivity contribution >= 4 is 8.72 Å². The predicted octanol–water partition coefficient (Wildman–Crippen LogP) is 2.89. The summed E-state index contributed by atoms with van der Waals surface area (Å²) in [5.74, 6) is 0. The van der Waals surface area contributed by atoms with Crippen molar-refractivity contribution in [3.63, 3.8) is 0 Å². The van der Waals surface area contributed by atoms with Crippen molar-refractivity contribution in [2.45, 2.75) is 51.5 Å². The topological polar surface area (TPSA) is 21.7 Å². The average Bonchev–Trinajstić information content (AvgIpc) is 2.36. The van der Waals surface area contributed by atoms with Crippen LogP contribution >= 0.6 is 0 Å². The molecule has 0 amide bonds. The lowest BCUT2D eigenvalue weighted by Gasteiger charge is -2.40. The third kappa shape index (κ3) is 3.55. The van der Waals surface area contributed by atoms with Gasteiger partial charge in [0.05, 0.1) is 0 Å². The van der Waals surface area contributed by atoms with E-state index >= 15 is 0 Å². The summed E-state index contributed by atoms with van der Waals surface area (Å²) in [6, 6.07) is 1.12. The van der Waals surface area contributed by atoms with Crippen molar-refractivity contribution in [2.75, 3.05) is 27.3 Å². The Kier molecular flexibility index (Phi) is 6.57. The minimum absolute atomic E-state index is 1.12. The fourth-order valence-electron chi connectivity index (χ4n) is 2.54. The summed E-state index contributed by atoms with van der Waals surface area (Å²) in [5.41, 5.74) is 0. The van der Waals surface area contributed by atoms with Crippen molar-refractivity contribution in [1.82, 2.24) is 4.57 Å². The first-order valence-corrected chi connectivity index (χ1v) is 8.61. The second-order valence-corrected chi connectivity index (χ2v) is 8.00. The van der Waals surface area contributed by atoms with E-state index in [1.807, 2.05) is 14.2 Å². The smallest absolute Gasteiger partial charge is 0.386 e. The normalized spacial score (nSPS) is 18.9. The first kappa shape index (κ1) is 14.2. The molecule has 1 heterocycles. The Hall–Kier alpha value is 0.0969. The molecule has 16 heavy (non-hydrogen) atoms. The molecule has 1 fully saturated rings. The fraction of sp³-hybridized carbons (Fsp3) is 1.00. The van der Waals surface area contributed by atoms with E-state index < -0.39 is 8.72 Å². The van der Waals surface area contributed by atoms with Gasteiger partial charge in [0.25, 0.3) is 0 Å². The van der Waals surface area contributed by atoms with Gasteiger partial charge in [-0.2, -0.15) is 0 Å². The first-order chi connectivity index (χ1) is 7.79. The maximum atomic E-state index is 5.82. The average molecular weight is 245 g/mol. The van der Waals surface area contributed by atoms with E-state index in [1.54, 1.807) is 0 Å². The second-order valence-electron chi connectivity index (χ2n) is 4.63. The summed E-state index contributed by atoms with van der Waals surface area (Å²) in [4.78, 5) is 0. The van der Waals surface area contributed by atoms with Crippen LogP contribution in [-0.2, 0) is 8.85 Å². The zero-order valence-electron chi connectivity index (χ0n) is 11.1. The lowest BCUT2D eigenvalue weighted by molar-refractivity contribution is 0.147. The second kappa shape index (κ2) is 7.43. The molecule has 96 valence electrons. The van der Waals surface area contributed by atoms with Crippen molar-refractivity contribution < 1.29 is 8.85 Å². The molecule has 0 atom stereocenters. The van der Waals surface area contributed by atoms with Gasteiger partial charge in [-0.1, -0.05) is 26.2 Å². The van der Waals surface area contributed by atoms with Crippen molar-refractivity contribution in [3.05, 3.63) is 0 Å². The number of nitrogens with zero attached hydrogens (tertiary/aromatic N) is 1. The Morgan fingerprint density at radius 2 is 1.62 bits per heavy atom. The molecule has 0 saturated carbocycles. The van der Waals surface area contributed by atoms with Gasteiger partial charge in [0.2, 0.25) is 0 Å². The maximum Gasteiger partial charge on any atom is 0.427 e. The molecule has 3 nitrogen and oxygen atoms in total. The van der Waals surface area contributed by atoms with Crippen LogP contribution in [-0.4, -0.2) is 40.6 Å². The Morgan fingerprint density at radius 1 is 1.00 bits per heavy atom. The summed E-state index contributed by atoms with van der Waals surface area (Å²) < 4.78 is 14.1. The number of hydrogen-bond acceptors (Lipinski definition) is 3. The van der Waals surface area contributed by atoms with Gasteiger partial charge in [0.1, 0.15) is 0 Å². The van der Waals surface area contributed by atoms with Crippen LogP contribution < -0.4 is 0 Å². The third-order valence-corrected chi connectivity index (χ3v) is 7.24. The largest absolute Gasteiger partial charge is 0.427 e. The highest BCUT2D eigenvalue weighted by molar-refractivity contribution is 6.64. The maximum absolute atomic E-state index is 5.82. The fourth-order valence-corrected chi connectivity index (χ4v) is 5.64. The highest BCUT2D eigenvalue weighted by Gasteiger charge is 2.42. The van der Waals surface area contributed by atoms with Crippen LogP contribution in [0.4, 0.5) is 0 Å². The van der Waals surface area contributed by atoms with E-state index in [0.717, 1.165) is 6.04 Å². The van der Waals surface area contributed by atoms with E-state index in [-0.39, 0.29) is 0 Å². The van der Waals surface area contributed by atoms with Crippen LogP contribution in [0.15, 0.2) is 0 Å². The SMILES string of the molecule is CCCCC[Si](OC)(OC)N1CCCCC1. The van der Waals surface area contributed by atoms with Gasteiger partial charge in [-0.05, 0) is 32.4 Å². The standard InChI is InChI=1S/C12H27NO2Si/c1-4-5-9-12-16(14-2,15-3)13-10-7-6-8-11-13/h4-12H2,1-3H3. The van der Waals surface area contributed by atoms with Crippen molar-refractivity contribution in [1.29, 1.82) is 0 Å². The quantitative estimate of drug-likeness (QED) is 0.508. The van der Waals surface area contributed by atoms with Gasteiger partial charge in [-0.3, -0.25) is 4.57 Å². The number of piperidine rings is 1. The molecule has 1 rings (SSSR count). The molecular weight excluding hydrogens is 218 g/mol. The first-order valence-electron chi connectivity index (χ1n) is 6.64. The van der Waals surface area contributed by atoms with Crippen LogP contribution in [0.5, 0.6) is 0 Å². The molecule has 1 saturated heterocycles. The monoisotopic (exact) mass is 245 g/mol. The van der Waals surface area contributed by atoms with Crippen molar-refractivity contribution in [2.24, 2.45) is 0 Å². The van der Waals surface area contributed by atoms with Gasteiger partial charge in [0, 0.05) is 20.3 Å². The van der Waals surface area contributed by atoms with Gasteiger partial charge in [0.15, 0.2) is 0 Å². The molecule has 1 aliphatic heterocycles. The Labute approximate surface area is 101 Å². The molecule has 0 N–H and O–H groups in total. The van der Waals surface area contributed by atoms with Crippen molar-refractivity contribution in [3.8, 4) is 0 Å². The summed E-state index contributed by atoms with van der Waals surface area (Å²) in [7, 11) is 1.61. The van der Waals surface area contributed by atoms with Crippen LogP contribution in [0.25, 0.3) is 0 Å². The summed E-state index contributed by atoms with van der Waals surface area (Å²) in [6.07, 6.45) is 7.75. The van der Waals surface area contributed by atoms with E-state index in [0.29, 0.717) is 0 Å². The van der Waals surface area contributed by atoms with Gasteiger partial charge >= 0.3 is 8.72 Å². The zero-order valence-corrected chi connectivity index (χ0v) is 12.1. The summed E-state index contributed by atoms with van der Waals surface area (Å²) in [5, 5.41) is 0. The molecule has 0 aromatic rings. The van der Waals surface area contributed by atoms with Crippen LogP contribution in [0.2, 0.25) is 6.04 Å². The molecule has 0 radical (unpaired) electrons. The molecule has 0 spiro atoms.